The van der Waals surface area contributed by atoms with Crippen LogP contribution in [0.1, 0.15) is 11.1 Å². The van der Waals surface area contributed by atoms with E-state index in [0.717, 1.165) is 11.3 Å². The van der Waals surface area contributed by atoms with E-state index in [4.69, 9.17) is 5.73 Å². The van der Waals surface area contributed by atoms with E-state index in [0.29, 0.717) is 11.7 Å². The summed E-state index contributed by atoms with van der Waals surface area (Å²) in [7, 11) is 0. The molecule has 1 amide bonds. The Kier molecular flexibility index (Phi) is 5.69. The zero-order valence-corrected chi connectivity index (χ0v) is 14.4. The number of hydrogen-bond donors (Lipinski definition) is 2. The van der Waals surface area contributed by atoms with E-state index in [2.05, 4.69) is 15.5 Å². The van der Waals surface area contributed by atoms with Crippen LogP contribution >= 0.6 is 11.8 Å². The maximum atomic E-state index is 12.2. The van der Waals surface area contributed by atoms with Gasteiger partial charge in [0.15, 0.2) is 5.16 Å². The van der Waals surface area contributed by atoms with Crippen molar-refractivity contribution < 1.29 is 4.79 Å². The van der Waals surface area contributed by atoms with Gasteiger partial charge < -0.3 is 11.1 Å². The number of nitrogens with two attached hydrogens (primary N) is 1. The Morgan fingerprint density at radius 1 is 1.00 bits per heavy atom. The molecule has 3 aromatic rings. The number of rotatable bonds is 7. The minimum absolute atomic E-state index is 0.1000. The van der Waals surface area contributed by atoms with Gasteiger partial charge in [0, 0.05) is 12.3 Å². The van der Waals surface area contributed by atoms with Crippen molar-refractivity contribution in [3.8, 4) is 0 Å². The summed E-state index contributed by atoms with van der Waals surface area (Å²) in [5.74, 6) is 0.854. The summed E-state index contributed by atoms with van der Waals surface area (Å²) in [4.78, 5) is 12.2. The van der Waals surface area contributed by atoms with Gasteiger partial charge in [-0.15, -0.1) is 10.2 Å². The lowest BCUT2D eigenvalue weighted by molar-refractivity contribution is -0.121. The van der Waals surface area contributed by atoms with Crippen molar-refractivity contribution >= 4 is 23.6 Å². The molecule has 0 spiro atoms. The first-order valence-electron chi connectivity index (χ1n) is 7.88. The Bertz CT molecular complexity index is 820. The molecule has 128 valence electrons. The second-order valence-electron chi connectivity index (χ2n) is 5.46. The van der Waals surface area contributed by atoms with Crippen LogP contribution in [0.2, 0.25) is 0 Å². The van der Waals surface area contributed by atoms with Crippen molar-refractivity contribution in [1.82, 2.24) is 20.1 Å². The van der Waals surface area contributed by atoms with E-state index < -0.39 is 0 Å². The second kappa shape index (κ2) is 8.34. The van der Waals surface area contributed by atoms with Crippen molar-refractivity contribution in [3.63, 3.8) is 0 Å². The third kappa shape index (κ3) is 4.84. The fraction of sp³-hybridized carbons (Fsp3) is 0.167. The number of amides is 1. The molecule has 0 aliphatic rings. The number of carbonyl (C=O) groups is 1. The molecule has 1 aromatic heterocycles. The minimum Gasteiger partial charge on any atom is -0.368 e. The number of thioether (sulfide) groups is 1. The molecule has 0 aliphatic heterocycles. The molecule has 0 saturated carbocycles. The molecule has 2 aromatic carbocycles. The zero-order chi connectivity index (χ0) is 17.5. The molecule has 3 rings (SSSR count). The summed E-state index contributed by atoms with van der Waals surface area (Å²) in [6.07, 6.45) is 0. The van der Waals surface area contributed by atoms with Crippen molar-refractivity contribution in [2.45, 2.75) is 24.0 Å². The van der Waals surface area contributed by atoms with Gasteiger partial charge in [-0.3, -0.25) is 9.36 Å². The number of anilines is 1. The predicted molar refractivity (Wildman–Crippen MR) is 98.7 cm³/mol. The largest absolute Gasteiger partial charge is 0.368 e. The Morgan fingerprint density at radius 3 is 2.32 bits per heavy atom. The molecule has 0 aliphatic carbocycles. The zero-order valence-electron chi connectivity index (χ0n) is 13.6. The molecular formula is C18H19N5OS. The molecule has 0 radical (unpaired) electrons. The second-order valence-corrected chi connectivity index (χ2v) is 6.41. The summed E-state index contributed by atoms with van der Waals surface area (Å²) in [5.41, 5.74) is 8.08. The van der Waals surface area contributed by atoms with Gasteiger partial charge in [-0.2, -0.15) is 0 Å². The van der Waals surface area contributed by atoms with E-state index in [1.54, 1.807) is 4.57 Å². The highest BCUT2D eigenvalue weighted by Crippen LogP contribution is 2.22. The van der Waals surface area contributed by atoms with Crippen molar-refractivity contribution in [2.24, 2.45) is 0 Å². The quantitative estimate of drug-likeness (QED) is 0.637. The smallest absolute Gasteiger partial charge is 0.240 e. The highest BCUT2D eigenvalue weighted by Gasteiger charge is 2.13. The lowest BCUT2D eigenvalue weighted by atomic mass is 10.2. The number of aromatic nitrogens is 3. The lowest BCUT2D eigenvalue weighted by Crippen LogP contribution is -2.27. The van der Waals surface area contributed by atoms with Crippen LogP contribution in [0, 0.1) is 0 Å². The highest BCUT2D eigenvalue weighted by atomic mass is 32.2. The number of benzene rings is 2. The number of nitrogens with zero attached hydrogens (tertiary/aromatic N) is 3. The fourth-order valence-electron chi connectivity index (χ4n) is 2.27. The summed E-state index contributed by atoms with van der Waals surface area (Å²) in [6.45, 7) is 0.580. The van der Waals surface area contributed by atoms with Gasteiger partial charge in [0.1, 0.15) is 6.54 Å². The number of nitrogen functional groups attached to an aromatic ring is 1. The van der Waals surface area contributed by atoms with E-state index in [9.17, 15) is 4.79 Å². The van der Waals surface area contributed by atoms with Crippen LogP contribution in [0.25, 0.3) is 0 Å². The molecule has 0 atom stereocenters. The Hall–Kier alpha value is -2.80. The first kappa shape index (κ1) is 17.0. The summed E-state index contributed by atoms with van der Waals surface area (Å²) >= 11 is 1.51. The Labute approximate surface area is 150 Å². The van der Waals surface area contributed by atoms with Crippen LogP contribution in [0.5, 0.6) is 0 Å². The van der Waals surface area contributed by atoms with Crippen LogP contribution in [0.15, 0.2) is 65.8 Å². The van der Waals surface area contributed by atoms with E-state index in [1.807, 2.05) is 60.7 Å². The van der Waals surface area contributed by atoms with Gasteiger partial charge in [0.2, 0.25) is 11.9 Å². The normalized spacial score (nSPS) is 10.6. The Balaban J connectivity index is 1.58. The van der Waals surface area contributed by atoms with Crippen LogP contribution in [-0.4, -0.2) is 20.7 Å². The maximum absolute atomic E-state index is 12.2. The molecule has 1 heterocycles. The first-order chi connectivity index (χ1) is 12.2. The van der Waals surface area contributed by atoms with Crippen LogP contribution in [0.4, 0.5) is 5.95 Å². The van der Waals surface area contributed by atoms with Gasteiger partial charge in [-0.05, 0) is 11.1 Å². The fourth-order valence-corrected chi connectivity index (χ4v) is 3.17. The Morgan fingerprint density at radius 2 is 1.64 bits per heavy atom. The summed E-state index contributed by atoms with van der Waals surface area (Å²) < 4.78 is 1.63. The standard InChI is InChI=1S/C18H19N5OS/c19-17-21-22-18(25-13-15-9-5-2-6-10-15)23(17)12-16(24)20-11-14-7-3-1-4-8-14/h1-10H,11-13H2,(H2,19,21)(H,20,24). The first-order valence-corrected chi connectivity index (χ1v) is 8.87. The number of carbonyl (C=O) groups excluding carboxylic acids is 1. The lowest BCUT2D eigenvalue weighted by Gasteiger charge is -2.09. The molecule has 0 bridgehead atoms. The van der Waals surface area contributed by atoms with E-state index >= 15 is 0 Å². The molecule has 25 heavy (non-hydrogen) atoms. The monoisotopic (exact) mass is 353 g/mol. The van der Waals surface area contributed by atoms with Crippen molar-refractivity contribution in [2.75, 3.05) is 5.73 Å². The van der Waals surface area contributed by atoms with Gasteiger partial charge in [-0.25, -0.2) is 0 Å². The van der Waals surface area contributed by atoms with Gasteiger partial charge in [0.25, 0.3) is 0 Å². The van der Waals surface area contributed by atoms with E-state index in [-0.39, 0.29) is 18.4 Å². The SMILES string of the molecule is Nc1nnc(SCc2ccccc2)n1CC(=O)NCc1ccccc1. The summed E-state index contributed by atoms with van der Waals surface area (Å²) in [5, 5.41) is 11.5. The van der Waals surface area contributed by atoms with Crippen LogP contribution < -0.4 is 11.1 Å². The molecule has 7 heteroatoms. The van der Waals surface area contributed by atoms with Crippen molar-refractivity contribution in [3.05, 3.63) is 71.8 Å². The van der Waals surface area contributed by atoms with E-state index in [1.165, 1.54) is 17.3 Å². The van der Waals surface area contributed by atoms with Crippen LogP contribution in [0.3, 0.4) is 0 Å². The minimum atomic E-state index is -0.128. The molecule has 0 saturated heterocycles. The van der Waals surface area contributed by atoms with Gasteiger partial charge >= 0.3 is 0 Å². The molecular weight excluding hydrogens is 334 g/mol. The molecule has 0 unspecified atom stereocenters. The van der Waals surface area contributed by atoms with Gasteiger partial charge in [-0.1, -0.05) is 72.4 Å². The molecule has 6 nitrogen and oxygen atoms in total. The van der Waals surface area contributed by atoms with Crippen LogP contribution in [-0.2, 0) is 23.6 Å². The maximum Gasteiger partial charge on any atom is 0.240 e. The molecule has 3 N–H and O–H groups in total. The third-order valence-electron chi connectivity index (χ3n) is 3.59. The number of hydrogen-bond acceptors (Lipinski definition) is 5. The average molecular weight is 353 g/mol. The average Bonchev–Trinajstić information content (AvgIpc) is 3.00. The highest BCUT2D eigenvalue weighted by molar-refractivity contribution is 7.98. The molecule has 0 fully saturated rings. The van der Waals surface area contributed by atoms with Crippen molar-refractivity contribution in [1.29, 1.82) is 0 Å². The number of nitrogens with one attached hydrogen (secondary N) is 1. The predicted octanol–water partition coefficient (Wildman–Crippen LogP) is 2.47. The third-order valence-corrected chi connectivity index (χ3v) is 4.63. The summed E-state index contributed by atoms with van der Waals surface area (Å²) in [6, 6.07) is 19.8. The van der Waals surface area contributed by atoms with Gasteiger partial charge in [0.05, 0.1) is 0 Å². The topological polar surface area (TPSA) is 85.8 Å².